The van der Waals surface area contributed by atoms with Gasteiger partial charge in [0, 0.05) is 5.56 Å². The van der Waals surface area contributed by atoms with Crippen LogP contribution < -0.4 is 5.32 Å². The van der Waals surface area contributed by atoms with Gasteiger partial charge in [-0.3, -0.25) is 19.3 Å². The van der Waals surface area contributed by atoms with Gasteiger partial charge in [-0.15, -0.1) is 0 Å². The number of rotatable bonds is 5. The van der Waals surface area contributed by atoms with Crippen molar-refractivity contribution in [3.8, 4) is 5.75 Å². The van der Waals surface area contributed by atoms with Crippen molar-refractivity contribution in [3.63, 3.8) is 0 Å². The fraction of sp³-hybridized carbons (Fsp3) is 0.0833. The molecule has 1 heterocycles. The number of amides is 3. The zero-order valence-corrected chi connectivity index (χ0v) is 17.0. The summed E-state index contributed by atoms with van der Waals surface area (Å²) < 4.78 is 4.60. The SMILES string of the molecule is COC(=O)c1cccc(NC(=O)c2ccc(CN3C(=O)c4ccccc4C3=O)cc2)c1O. The molecule has 0 spiro atoms. The second-order valence-corrected chi connectivity index (χ2v) is 7.09. The standard InChI is InChI=1S/C24H18N2O6/c1-32-24(31)18-7-4-8-19(20(18)27)25-21(28)15-11-9-14(10-12-15)13-26-22(29)16-5-2-3-6-17(16)23(26)30/h2-12,27H,13H2,1H3,(H,25,28). The molecule has 32 heavy (non-hydrogen) atoms. The van der Waals surface area contributed by atoms with Gasteiger partial charge < -0.3 is 15.2 Å². The van der Waals surface area contributed by atoms with Gasteiger partial charge in [0.25, 0.3) is 17.7 Å². The number of carbonyl (C=O) groups is 4. The van der Waals surface area contributed by atoms with Gasteiger partial charge in [0.1, 0.15) is 5.56 Å². The van der Waals surface area contributed by atoms with Crippen molar-refractivity contribution in [2.75, 3.05) is 12.4 Å². The van der Waals surface area contributed by atoms with E-state index in [1.165, 1.54) is 25.3 Å². The normalized spacial score (nSPS) is 12.5. The Morgan fingerprint density at radius 1 is 0.906 bits per heavy atom. The van der Waals surface area contributed by atoms with Gasteiger partial charge in [0.15, 0.2) is 5.75 Å². The van der Waals surface area contributed by atoms with Crippen molar-refractivity contribution < 1.29 is 29.0 Å². The average molecular weight is 430 g/mol. The number of anilines is 1. The third kappa shape index (κ3) is 3.69. The first-order chi connectivity index (χ1) is 15.4. The average Bonchev–Trinajstić information content (AvgIpc) is 3.05. The number of nitrogens with zero attached hydrogens (tertiary/aromatic N) is 1. The molecule has 0 unspecified atom stereocenters. The molecule has 1 aliphatic rings. The van der Waals surface area contributed by atoms with E-state index in [1.807, 2.05) is 0 Å². The van der Waals surface area contributed by atoms with Crippen molar-refractivity contribution in [1.29, 1.82) is 0 Å². The molecule has 4 rings (SSSR count). The summed E-state index contributed by atoms with van der Waals surface area (Å²) in [4.78, 5) is 50.4. The lowest BCUT2D eigenvalue weighted by molar-refractivity contribution is 0.0594. The lowest BCUT2D eigenvalue weighted by atomic mass is 10.1. The van der Waals surface area contributed by atoms with E-state index in [0.717, 1.165) is 4.90 Å². The molecule has 0 bridgehead atoms. The fourth-order valence-corrected chi connectivity index (χ4v) is 3.44. The number of phenols is 1. The Labute approximate surface area is 183 Å². The maximum atomic E-state index is 12.6. The molecule has 8 heteroatoms. The Morgan fingerprint density at radius 2 is 1.53 bits per heavy atom. The molecule has 8 nitrogen and oxygen atoms in total. The molecule has 0 saturated heterocycles. The van der Waals surface area contributed by atoms with Gasteiger partial charge in [-0.2, -0.15) is 0 Å². The maximum Gasteiger partial charge on any atom is 0.341 e. The van der Waals surface area contributed by atoms with E-state index < -0.39 is 17.6 Å². The summed E-state index contributed by atoms with van der Waals surface area (Å²) in [5, 5.41) is 12.8. The maximum absolute atomic E-state index is 12.6. The first-order valence-electron chi connectivity index (χ1n) is 9.66. The Balaban J connectivity index is 1.47. The molecule has 0 atom stereocenters. The van der Waals surface area contributed by atoms with Gasteiger partial charge >= 0.3 is 5.97 Å². The first kappa shape index (κ1) is 20.8. The number of para-hydroxylation sites is 1. The molecule has 3 aromatic rings. The largest absolute Gasteiger partial charge is 0.505 e. The van der Waals surface area contributed by atoms with Crippen LogP contribution in [0.25, 0.3) is 0 Å². The minimum atomic E-state index is -0.726. The predicted molar refractivity (Wildman–Crippen MR) is 114 cm³/mol. The third-order valence-electron chi connectivity index (χ3n) is 5.12. The molecule has 1 aliphatic heterocycles. The van der Waals surface area contributed by atoms with Crippen LogP contribution in [0.1, 0.15) is 47.0 Å². The van der Waals surface area contributed by atoms with E-state index in [4.69, 9.17) is 0 Å². The Bertz CT molecular complexity index is 1210. The smallest absolute Gasteiger partial charge is 0.341 e. The first-order valence-corrected chi connectivity index (χ1v) is 9.66. The van der Waals surface area contributed by atoms with E-state index in [2.05, 4.69) is 10.1 Å². The zero-order valence-electron chi connectivity index (χ0n) is 17.0. The summed E-state index contributed by atoms with van der Waals surface area (Å²) in [7, 11) is 1.19. The Hall–Kier alpha value is -4.46. The molecule has 2 N–H and O–H groups in total. The minimum Gasteiger partial charge on any atom is -0.505 e. The van der Waals surface area contributed by atoms with E-state index in [-0.39, 0.29) is 29.6 Å². The van der Waals surface area contributed by atoms with E-state index >= 15 is 0 Å². The summed E-state index contributed by atoms with van der Waals surface area (Å²) in [6, 6.07) is 17.4. The zero-order chi connectivity index (χ0) is 22.8. The molecular weight excluding hydrogens is 412 g/mol. The highest BCUT2D eigenvalue weighted by Gasteiger charge is 2.34. The summed E-state index contributed by atoms with van der Waals surface area (Å²) in [6.45, 7) is 0.0796. The van der Waals surface area contributed by atoms with E-state index in [0.29, 0.717) is 22.3 Å². The number of carbonyl (C=O) groups excluding carboxylic acids is 4. The molecule has 3 aromatic carbocycles. The van der Waals surface area contributed by atoms with Crippen LogP contribution in [0.5, 0.6) is 5.75 Å². The number of hydrogen-bond donors (Lipinski definition) is 2. The summed E-state index contributed by atoms with van der Waals surface area (Å²) >= 11 is 0. The Morgan fingerprint density at radius 3 is 2.12 bits per heavy atom. The van der Waals surface area contributed by atoms with Crippen LogP contribution in [0.3, 0.4) is 0 Å². The van der Waals surface area contributed by atoms with Crippen LogP contribution in [0.15, 0.2) is 66.7 Å². The van der Waals surface area contributed by atoms with Crippen LogP contribution >= 0.6 is 0 Å². The predicted octanol–water partition coefficient (Wildman–Crippen LogP) is 3.23. The molecule has 160 valence electrons. The minimum absolute atomic E-state index is 0.0630. The van der Waals surface area contributed by atoms with Crippen molar-refractivity contribution in [3.05, 3.63) is 94.5 Å². The van der Waals surface area contributed by atoms with Crippen molar-refractivity contribution in [2.24, 2.45) is 0 Å². The van der Waals surface area contributed by atoms with Gasteiger partial charge in [-0.1, -0.05) is 30.3 Å². The van der Waals surface area contributed by atoms with Crippen molar-refractivity contribution in [1.82, 2.24) is 4.90 Å². The number of fused-ring (bicyclic) bond motifs is 1. The van der Waals surface area contributed by atoms with Gasteiger partial charge in [-0.05, 0) is 42.0 Å². The topological polar surface area (TPSA) is 113 Å². The number of phenolic OH excluding ortho intramolecular Hbond substituents is 1. The van der Waals surface area contributed by atoms with Crippen molar-refractivity contribution >= 4 is 29.4 Å². The van der Waals surface area contributed by atoms with Gasteiger partial charge in [0.2, 0.25) is 0 Å². The number of ether oxygens (including phenoxy) is 1. The third-order valence-corrected chi connectivity index (χ3v) is 5.12. The van der Waals surface area contributed by atoms with Crippen LogP contribution in [-0.2, 0) is 11.3 Å². The number of benzene rings is 3. The molecule has 0 radical (unpaired) electrons. The highest BCUT2D eigenvalue weighted by molar-refractivity contribution is 6.21. The number of aromatic hydroxyl groups is 1. The van der Waals surface area contributed by atoms with E-state index in [1.54, 1.807) is 48.5 Å². The van der Waals surface area contributed by atoms with Gasteiger partial charge in [0.05, 0.1) is 30.5 Å². The number of imide groups is 1. The molecule has 0 aliphatic carbocycles. The number of nitrogens with one attached hydrogen (secondary N) is 1. The number of hydrogen-bond acceptors (Lipinski definition) is 6. The number of esters is 1. The molecule has 0 aromatic heterocycles. The van der Waals surface area contributed by atoms with Crippen molar-refractivity contribution in [2.45, 2.75) is 6.54 Å². The highest BCUT2D eigenvalue weighted by atomic mass is 16.5. The van der Waals surface area contributed by atoms with Crippen LogP contribution in [0.4, 0.5) is 5.69 Å². The number of methoxy groups -OCH3 is 1. The molecular formula is C24H18N2O6. The van der Waals surface area contributed by atoms with E-state index in [9.17, 15) is 24.3 Å². The highest BCUT2D eigenvalue weighted by Crippen LogP contribution is 2.29. The van der Waals surface area contributed by atoms with Gasteiger partial charge in [-0.25, -0.2) is 4.79 Å². The molecule has 3 amide bonds. The summed E-state index contributed by atoms with van der Waals surface area (Å²) in [6.07, 6.45) is 0. The second-order valence-electron chi connectivity index (χ2n) is 7.09. The monoisotopic (exact) mass is 430 g/mol. The summed E-state index contributed by atoms with van der Waals surface area (Å²) in [5.41, 5.74) is 1.71. The quantitative estimate of drug-likeness (QED) is 0.365. The second kappa shape index (κ2) is 8.35. The van der Waals surface area contributed by atoms with Crippen LogP contribution in [0, 0.1) is 0 Å². The molecule has 0 fully saturated rings. The van der Waals surface area contributed by atoms with Crippen LogP contribution in [0.2, 0.25) is 0 Å². The summed E-state index contributed by atoms with van der Waals surface area (Å²) in [5.74, 6) is -2.33. The Kier molecular flexibility index (Phi) is 5.43. The lowest BCUT2D eigenvalue weighted by Gasteiger charge is -2.14. The molecule has 0 saturated carbocycles. The van der Waals surface area contributed by atoms with Crippen LogP contribution in [-0.4, -0.2) is 40.8 Å². The lowest BCUT2D eigenvalue weighted by Crippen LogP contribution is -2.29. The fourth-order valence-electron chi connectivity index (χ4n) is 3.44.